The maximum absolute atomic E-state index is 12.9. The third-order valence-corrected chi connectivity index (χ3v) is 5.88. The molecular weight excluding hydrogens is 438 g/mol. The number of H-pyrrole nitrogens is 1. The Balaban J connectivity index is 1.23. The third-order valence-electron chi connectivity index (χ3n) is 5.88. The smallest absolute Gasteiger partial charge is 0.344 e. The number of hydrogen-bond acceptors (Lipinski definition) is 4. The van der Waals surface area contributed by atoms with E-state index in [9.17, 15) is 9.59 Å². The van der Waals surface area contributed by atoms with Crippen LogP contribution in [0, 0.1) is 0 Å². The van der Waals surface area contributed by atoms with E-state index in [1.807, 2.05) is 66.7 Å². The molecule has 168 valence electrons. The number of fused-ring (bicyclic) bond motifs is 2. The normalized spacial score (nSPS) is 11.1. The number of carbonyl (C=O) groups is 1. The summed E-state index contributed by atoms with van der Waals surface area (Å²) >= 11 is 0. The van der Waals surface area contributed by atoms with Crippen LogP contribution in [0.3, 0.4) is 0 Å². The fraction of sp³-hybridized carbons (Fsp3) is 0. The molecule has 6 heteroatoms. The van der Waals surface area contributed by atoms with Crippen molar-refractivity contribution in [1.82, 2.24) is 9.97 Å². The molecule has 2 aromatic heterocycles. The van der Waals surface area contributed by atoms with Crippen molar-refractivity contribution >= 4 is 33.6 Å². The lowest BCUT2D eigenvalue weighted by atomic mass is 10.0. The second-order valence-electron chi connectivity index (χ2n) is 8.20. The Hall–Kier alpha value is -4.97. The summed E-state index contributed by atoms with van der Waals surface area (Å²) in [5, 5.41) is 3.78. The van der Waals surface area contributed by atoms with Gasteiger partial charge in [0.25, 0.3) is 5.91 Å². The van der Waals surface area contributed by atoms with E-state index in [0.717, 1.165) is 27.8 Å². The van der Waals surface area contributed by atoms with E-state index in [1.54, 1.807) is 36.4 Å². The lowest BCUT2D eigenvalue weighted by Gasteiger charge is -2.08. The number of anilines is 1. The first kappa shape index (κ1) is 20.6. The van der Waals surface area contributed by atoms with Crippen molar-refractivity contribution in [3.8, 4) is 22.5 Å². The van der Waals surface area contributed by atoms with Crippen molar-refractivity contribution in [2.45, 2.75) is 0 Å². The highest BCUT2D eigenvalue weighted by atomic mass is 16.4. The van der Waals surface area contributed by atoms with Gasteiger partial charge < -0.3 is 14.7 Å². The Morgan fingerprint density at radius 3 is 2.46 bits per heavy atom. The SMILES string of the molecule is O=C(Nc1cccc(-c2nc3ccccc3[nH]2)c1)c1ccc(-c2cc3ccccc3oc2=O)cc1. The van der Waals surface area contributed by atoms with Gasteiger partial charge in [-0.25, -0.2) is 9.78 Å². The fourth-order valence-electron chi connectivity index (χ4n) is 4.10. The van der Waals surface area contributed by atoms with Crippen molar-refractivity contribution < 1.29 is 9.21 Å². The molecule has 0 unspecified atom stereocenters. The molecule has 4 aromatic carbocycles. The number of aromatic amines is 1. The van der Waals surface area contributed by atoms with Crippen LogP contribution in [-0.2, 0) is 0 Å². The van der Waals surface area contributed by atoms with Gasteiger partial charge in [-0.1, -0.05) is 54.6 Å². The predicted molar refractivity (Wildman–Crippen MR) is 137 cm³/mol. The zero-order valence-electron chi connectivity index (χ0n) is 18.5. The standard InChI is InChI=1S/C29H19N3O3/c33-28(30-22-8-5-7-21(16-22)27-31-24-9-2-3-10-25(24)32-27)19-14-12-18(13-15-19)23-17-20-6-1-4-11-26(20)35-29(23)34/h1-17H,(H,30,33)(H,31,32). The van der Waals surface area contributed by atoms with E-state index >= 15 is 0 Å². The number of hydrogen-bond donors (Lipinski definition) is 2. The molecule has 0 aliphatic rings. The van der Waals surface area contributed by atoms with E-state index in [2.05, 4.69) is 15.3 Å². The summed E-state index contributed by atoms with van der Waals surface area (Å²) in [5.41, 5.74) is 5.13. The Kier molecular flexibility index (Phi) is 4.96. The minimum atomic E-state index is -0.414. The first-order valence-electron chi connectivity index (χ1n) is 11.1. The minimum Gasteiger partial charge on any atom is -0.422 e. The molecule has 0 spiro atoms. The summed E-state index contributed by atoms with van der Waals surface area (Å²) in [6.45, 7) is 0. The molecule has 1 amide bonds. The van der Waals surface area contributed by atoms with E-state index in [1.165, 1.54) is 0 Å². The molecule has 6 rings (SSSR count). The molecule has 6 aromatic rings. The lowest BCUT2D eigenvalue weighted by Crippen LogP contribution is -2.12. The second-order valence-corrected chi connectivity index (χ2v) is 8.20. The molecule has 0 atom stereocenters. The van der Waals surface area contributed by atoms with Gasteiger partial charge in [0.2, 0.25) is 0 Å². The van der Waals surface area contributed by atoms with Gasteiger partial charge >= 0.3 is 5.63 Å². The Bertz CT molecular complexity index is 1730. The van der Waals surface area contributed by atoms with Crippen molar-refractivity contribution in [1.29, 1.82) is 0 Å². The zero-order chi connectivity index (χ0) is 23.8. The molecule has 0 saturated heterocycles. The number of para-hydroxylation sites is 3. The number of imidazole rings is 1. The van der Waals surface area contributed by atoms with Crippen LogP contribution >= 0.6 is 0 Å². The van der Waals surface area contributed by atoms with Gasteiger partial charge in [0.15, 0.2) is 0 Å². The average molecular weight is 457 g/mol. The molecule has 35 heavy (non-hydrogen) atoms. The predicted octanol–water partition coefficient (Wildman–Crippen LogP) is 6.26. The number of nitrogens with one attached hydrogen (secondary N) is 2. The van der Waals surface area contributed by atoms with Crippen LogP contribution in [0.5, 0.6) is 0 Å². The molecule has 0 bridgehead atoms. The highest BCUT2D eigenvalue weighted by molar-refractivity contribution is 6.04. The molecule has 0 aliphatic carbocycles. The summed E-state index contributed by atoms with van der Waals surface area (Å²) < 4.78 is 5.43. The van der Waals surface area contributed by atoms with Gasteiger partial charge in [-0.05, 0) is 54.1 Å². The number of benzene rings is 4. The molecule has 0 fully saturated rings. The molecule has 2 N–H and O–H groups in total. The van der Waals surface area contributed by atoms with Gasteiger partial charge in [0, 0.05) is 22.2 Å². The Morgan fingerprint density at radius 1 is 0.800 bits per heavy atom. The average Bonchev–Trinajstić information content (AvgIpc) is 3.33. The van der Waals surface area contributed by atoms with E-state index in [-0.39, 0.29) is 5.91 Å². The zero-order valence-corrected chi connectivity index (χ0v) is 18.5. The topological polar surface area (TPSA) is 88.0 Å². The first-order valence-corrected chi connectivity index (χ1v) is 11.1. The molecule has 6 nitrogen and oxygen atoms in total. The maximum atomic E-state index is 12.9. The van der Waals surface area contributed by atoms with Gasteiger partial charge in [0.1, 0.15) is 11.4 Å². The third kappa shape index (κ3) is 3.98. The van der Waals surface area contributed by atoms with Crippen LogP contribution in [0.15, 0.2) is 112 Å². The van der Waals surface area contributed by atoms with Crippen molar-refractivity contribution in [2.75, 3.05) is 5.32 Å². The molecule has 0 aliphatic heterocycles. The lowest BCUT2D eigenvalue weighted by molar-refractivity contribution is 0.102. The number of aromatic nitrogens is 2. The molecule has 2 heterocycles. The summed E-state index contributed by atoms with van der Waals surface area (Å²) in [6.07, 6.45) is 0. The van der Waals surface area contributed by atoms with Crippen LogP contribution in [0.4, 0.5) is 5.69 Å². The van der Waals surface area contributed by atoms with Crippen molar-refractivity contribution in [3.63, 3.8) is 0 Å². The largest absolute Gasteiger partial charge is 0.422 e. The van der Waals surface area contributed by atoms with Gasteiger partial charge in [-0.2, -0.15) is 0 Å². The number of nitrogens with zero attached hydrogens (tertiary/aromatic N) is 1. The quantitative estimate of drug-likeness (QED) is 0.306. The summed E-state index contributed by atoms with van der Waals surface area (Å²) in [5.74, 6) is 0.490. The van der Waals surface area contributed by atoms with Crippen LogP contribution in [-0.4, -0.2) is 15.9 Å². The summed E-state index contributed by atoms with van der Waals surface area (Å²) in [4.78, 5) is 33.3. The van der Waals surface area contributed by atoms with Crippen molar-refractivity contribution in [2.24, 2.45) is 0 Å². The number of carbonyl (C=O) groups excluding carboxylic acids is 1. The van der Waals surface area contributed by atoms with Crippen LogP contribution in [0.25, 0.3) is 44.5 Å². The van der Waals surface area contributed by atoms with Crippen LogP contribution in [0.1, 0.15) is 10.4 Å². The fourth-order valence-corrected chi connectivity index (χ4v) is 4.10. The maximum Gasteiger partial charge on any atom is 0.344 e. The molecule has 0 saturated carbocycles. The second kappa shape index (κ2) is 8.43. The van der Waals surface area contributed by atoms with Gasteiger partial charge in [0.05, 0.1) is 16.6 Å². The molecule has 0 radical (unpaired) electrons. The van der Waals surface area contributed by atoms with Crippen molar-refractivity contribution in [3.05, 3.63) is 119 Å². The van der Waals surface area contributed by atoms with Crippen LogP contribution < -0.4 is 10.9 Å². The summed E-state index contributed by atoms with van der Waals surface area (Å²) in [6, 6.07) is 31.4. The van der Waals surface area contributed by atoms with Gasteiger partial charge in [-0.3, -0.25) is 4.79 Å². The van der Waals surface area contributed by atoms with E-state index in [0.29, 0.717) is 28.0 Å². The Labute approximate surface area is 199 Å². The number of amides is 1. The van der Waals surface area contributed by atoms with E-state index in [4.69, 9.17) is 4.42 Å². The highest BCUT2D eigenvalue weighted by Gasteiger charge is 2.11. The summed E-state index contributed by atoms with van der Waals surface area (Å²) in [7, 11) is 0. The Morgan fingerprint density at radius 2 is 1.60 bits per heavy atom. The van der Waals surface area contributed by atoms with E-state index < -0.39 is 5.63 Å². The monoisotopic (exact) mass is 457 g/mol. The number of rotatable bonds is 4. The van der Waals surface area contributed by atoms with Crippen LogP contribution in [0.2, 0.25) is 0 Å². The highest BCUT2D eigenvalue weighted by Crippen LogP contribution is 2.24. The molecular formula is C29H19N3O3. The first-order chi connectivity index (χ1) is 17.1. The van der Waals surface area contributed by atoms with Gasteiger partial charge in [-0.15, -0.1) is 0 Å². The minimum absolute atomic E-state index is 0.246.